The van der Waals surface area contributed by atoms with Gasteiger partial charge in [-0.15, -0.1) is 0 Å². The molecule has 0 radical (unpaired) electrons. The third-order valence-corrected chi connectivity index (χ3v) is 4.47. The van der Waals surface area contributed by atoms with Crippen LogP contribution in [0.5, 0.6) is 11.5 Å². The molecule has 142 valence electrons. The van der Waals surface area contributed by atoms with Crippen molar-refractivity contribution in [3.63, 3.8) is 0 Å². The van der Waals surface area contributed by atoms with Crippen LogP contribution in [0.1, 0.15) is 11.1 Å². The van der Waals surface area contributed by atoms with Gasteiger partial charge in [0.25, 0.3) is 5.69 Å². The molecule has 3 aromatic rings. The van der Waals surface area contributed by atoms with E-state index >= 15 is 0 Å². The van der Waals surface area contributed by atoms with Gasteiger partial charge in [-0.1, -0.05) is 24.3 Å². The number of nitro benzene ring substituents is 1. The highest BCUT2D eigenvalue weighted by Gasteiger charge is 2.24. The van der Waals surface area contributed by atoms with Crippen molar-refractivity contribution in [3.8, 4) is 45.9 Å². The minimum atomic E-state index is -0.454. The predicted octanol–water partition coefficient (Wildman–Crippen LogP) is 4.69. The van der Waals surface area contributed by atoms with Crippen molar-refractivity contribution in [2.45, 2.75) is 0 Å². The monoisotopic (exact) mass is 385 g/mol. The quantitative estimate of drug-likeness (QED) is 0.465. The first-order valence-electron chi connectivity index (χ1n) is 8.49. The molecule has 0 aliphatic rings. The average molecular weight is 385 g/mol. The van der Waals surface area contributed by atoms with Crippen molar-refractivity contribution in [3.05, 3.63) is 75.8 Å². The molecule has 0 fully saturated rings. The molecule has 0 N–H and O–H groups in total. The molecule has 0 unspecified atom stereocenters. The molecule has 0 amide bonds. The van der Waals surface area contributed by atoms with Crippen LogP contribution in [0.15, 0.2) is 54.6 Å². The van der Waals surface area contributed by atoms with E-state index in [4.69, 9.17) is 14.7 Å². The zero-order valence-electron chi connectivity index (χ0n) is 15.7. The van der Waals surface area contributed by atoms with Crippen molar-refractivity contribution >= 4 is 5.69 Å². The molecule has 0 saturated heterocycles. The normalized spacial score (nSPS) is 9.93. The minimum Gasteiger partial charge on any atom is -0.492 e. The number of nitro groups is 1. The van der Waals surface area contributed by atoms with E-state index in [1.807, 2.05) is 12.1 Å². The van der Waals surface area contributed by atoms with Gasteiger partial charge in [-0.2, -0.15) is 10.5 Å². The zero-order valence-corrected chi connectivity index (χ0v) is 15.7. The first-order valence-corrected chi connectivity index (χ1v) is 8.49. The number of hydrogen-bond acceptors (Lipinski definition) is 6. The van der Waals surface area contributed by atoms with Gasteiger partial charge in [0, 0.05) is 17.2 Å². The van der Waals surface area contributed by atoms with E-state index in [2.05, 4.69) is 0 Å². The van der Waals surface area contributed by atoms with Crippen molar-refractivity contribution in [2.75, 3.05) is 14.2 Å². The van der Waals surface area contributed by atoms with E-state index in [1.165, 1.54) is 20.3 Å². The van der Waals surface area contributed by atoms with Crippen molar-refractivity contribution < 1.29 is 14.4 Å². The van der Waals surface area contributed by atoms with Gasteiger partial charge in [-0.3, -0.25) is 10.1 Å². The van der Waals surface area contributed by atoms with Crippen LogP contribution in [0.2, 0.25) is 0 Å². The lowest BCUT2D eigenvalue weighted by molar-refractivity contribution is -0.384. The number of ether oxygens (including phenoxy) is 2. The molecule has 7 heteroatoms. The smallest absolute Gasteiger partial charge is 0.277 e. The number of methoxy groups -OCH3 is 2. The zero-order chi connectivity index (χ0) is 21.0. The molecular formula is C22H15N3O4. The molecule has 7 nitrogen and oxygen atoms in total. The van der Waals surface area contributed by atoms with E-state index in [0.717, 1.165) is 0 Å². The summed E-state index contributed by atoms with van der Waals surface area (Å²) in [6.07, 6.45) is 0. The second kappa shape index (κ2) is 8.12. The van der Waals surface area contributed by atoms with E-state index in [9.17, 15) is 15.4 Å². The summed E-state index contributed by atoms with van der Waals surface area (Å²) in [4.78, 5) is 11.3. The Bertz CT molecular complexity index is 1170. The predicted molar refractivity (Wildman–Crippen MR) is 107 cm³/mol. The number of nitriles is 2. The first-order chi connectivity index (χ1) is 14.0. The van der Waals surface area contributed by atoms with Crippen LogP contribution in [0.4, 0.5) is 5.69 Å². The molecule has 0 aliphatic heterocycles. The highest BCUT2D eigenvalue weighted by Crippen LogP contribution is 2.46. The minimum absolute atomic E-state index is 0.0856. The summed E-state index contributed by atoms with van der Waals surface area (Å²) in [7, 11) is 2.87. The maximum absolute atomic E-state index is 11.7. The molecule has 0 aliphatic carbocycles. The Hall–Kier alpha value is -4.36. The lowest BCUT2D eigenvalue weighted by Gasteiger charge is -2.17. The summed E-state index contributed by atoms with van der Waals surface area (Å²) in [5.74, 6) is 0.562. The Morgan fingerprint density at radius 1 is 0.862 bits per heavy atom. The van der Waals surface area contributed by atoms with Crippen LogP contribution in [0, 0.1) is 32.8 Å². The van der Waals surface area contributed by atoms with Crippen LogP contribution >= 0.6 is 0 Å². The molecule has 0 spiro atoms. The van der Waals surface area contributed by atoms with Gasteiger partial charge in [-0.25, -0.2) is 0 Å². The standard InChI is InChI=1S/C22H15N3O4/c1-28-21-16(13-24)10-11-18(22(21)29-2)17-4-3-5-19(25(26)27)20(17)15-8-6-14(12-23)7-9-15/h3-11H,1-2H3. The molecule has 29 heavy (non-hydrogen) atoms. The Balaban J connectivity index is 2.37. The maximum Gasteiger partial charge on any atom is 0.277 e. The van der Waals surface area contributed by atoms with Crippen molar-refractivity contribution in [1.29, 1.82) is 10.5 Å². The van der Waals surface area contributed by atoms with Gasteiger partial charge >= 0.3 is 0 Å². The third-order valence-electron chi connectivity index (χ3n) is 4.47. The molecule has 3 rings (SSSR count). The summed E-state index contributed by atoms with van der Waals surface area (Å²) in [5, 5.41) is 30.1. The van der Waals surface area contributed by atoms with Crippen LogP contribution in [-0.4, -0.2) is 19.1 Å². The summed E-state index contributed by atoms with van der Waals surface area (Å²) in [6.45, 7) is 0. The van der Waals surface area contributed by atoms with E-state index < -0.39 is 4.92 Å². The molecule has 0 bridgehead atoms. The molecule has 0 heterocycles. The second-order valence-corrected chi connectivity index (χ2v) is 5.98. The maximum atomic E-state index is 11.7. The Morgan fingerprint density at radius 3 is 2.10 bits per heavy atom. The van der Waals surface area contributed by atoms with Crippen LogP contribution < -0.4 is 9.47 Å². The average Bonchev–Trinajstić information content (AvgIpc) is 2.77. The van der Waals surface area contributed by atoms with Crippen LogP contribution in [0.25, 0.3) is 22.3 Å². The second-order valence-electron chi connectivity index (χ2n) is 5.98. The number of benzene rings is 3. The fraction of sp³-hybridized carbons (Fsp3) is 0.0909. The van der Waals surface area contributed by atoms with Crippen molar-refractivity contribution in [2.24, 2.45) is 0 Å². The van der Waals surface area contributed by atoms with Crippen LogP contribution in [0.3, 0.4) is 0 Å². The van der Waals surface area contributed by atoms with Crippen LogP contribution in [-0.2, 0) is 0 Å². The van der Waals surface area contributed by atoms with E-state index in [-0.39, 0.29) is 11.4 Å². The van der Waals surface area contributed by atoms with Gasteiger partial charge in [0.2, 0.25) is 0 Å². The largest absolute Gasteiger partial charge is 0.492 e. The molecule has 3 aromatic carbocycles. The van der Waals surface area contributed by atoms with E-state index in [0.29, 0.717) is 39.1 Å². The van der Waals surface area contributed by atoms with Gasteiger partial charge < -0.3 is 9.47 Å². The van der Waals surface area contributed by atoms with Gasteiger partial charge in [0.05, 0.1) is 41.9 Å². The Labute approximate surface area is 167 Å². The summed E-state index contributed by atoms with van der Waals surface area (Å²) >= 11 is 0. The van der Waals surface area contributed by atoms with E-state index in [1.54, 1.807) is 48.5 Å². The number of nitrogens with zero attached hydrogens (tertiary/aromatic N) is 3. The fourth-order valence-electron chi connectivity index (χ4n) is 3.20. The lowest BCUT2D eigenvalue weighted by atomic mass is 9.91. The van der Waals surface area contributed by atoms with Gasteiger partial charge in [-0.05, 0) is 29.8 Å². The van der Waals surface area contributed by atoms with Gasteiger partial charge in [0.15, 0.2) is 11.5 Å². The summed E-state index contributed by atoms with van der Waals surface area (Å²) in [5.41, 5.74) is 2.71. The Kier molecular flexibility index (Phi) is 5.43. The lowest BCUT2D eigenvalue weighted by Crippen LogP contribution is -1.99. The Morgan fingerprint density at radius 2 is 1.55 bits per heavy atom. The highest BCUT2D eigenvalue weighted by molar-refractivity contribution is 5.92. The fourth-order valence-corrected chi connectivity index (χ4v) is 3.20. The SMILES string of the molecule is COc1c(C#N)ccc(-c2cccc([N+](=O)[O-])c2-c2ccc(C#N)cc2)c1OC. The molecule has 0 saturated carbocycles. The number of hydrogen-bond donors (Lipinski definition) is 0. The number of rotatable bonds is 5. The van der Waals surface area contributed by atoms with Gasteiger partial charge in [0.1, 0.15) is 6.07 Å². The summed E-state index contributed by atoms with van der Waals surface area (Å²) < 4.78 is 10.9. The molecule has 0 aromatic heterocycles. The highest BCUT2D eigenvalue weighted by atomic mass is 16.6. The first kappa shape index (κ1) is 19.4. The molecule has 0 atom stereocenters. The van der Waals surface area contributed by atoms with Crippen molar-refractivity contribution in [1.82, 2.24) is 0 Å². The molecular weight excluding hydrogens is 370 g/mol. The third kappa shape index (κ3) is 3.45. The topological polar surface area (TPSA) is 109 Å². The summed E-state index contributed by atoms with van der Waals surface area (Å²) in [6, 6.07) is 18.6.